The quantitative estimate of drug-likeness (QED) is 0.788. The first-order valence-corrected chi connectivity index (χ1v) is 5.63. The Bertz CT molecular complexity index is 551. The van der Waals surface area contributed by atoms with Crippen molar-refractivity contribution in [3.63, 3.8) is 0 Å². The number of nitrogens with two attached hydrogens (primary N) is 1. The molecule has 6 heteroatoms. The number of benzene rings is 1. The van der Waals surface area contributed by atoms with E-state index in [-0.39, 0.29) is 5.82 Å². The predicted molar refractivity (Wildman–Crippen MR) is 65.7 cm³/mol. The Balaban J connectivity index is 2.26. The molecule has 0 saturated heterocycles. The molecule has 0 spiro atoms. The minimum absolute atomic E-state index is 0.102. The second kappa shape index (κ2) is 5.42. The first kappa shape index (κ1) is 12.3. The van der Waals surface area contributed by atoms with Gasteiger partial charge in [-0.25, -0.2) is 9.78 Å². The number of rotatable bonds is 4. The Kier molecular flexibility index (Phi) is 3.69. The molecule has 0 atom stereocenters. The van der Waals surface area contributed by atoms with Gasteiger partial charge in [0, 0.05) is 12.1 Å². The van der Waals surface area contributed by atoms with Crippen LogP contribution in [0.1, 0.15) is 23.1 Å². The van der Waals surface area contributed by atoms with Crippen LogP contribution >= 0.6 is 0 Å². The largest absolute Gasteiger partial charge is 0.460 e. The van der Waals surface area contributed by atoms with Gasteiger partial charge in [0.15, 0.2) is 5.82 Å². The number of aromatic amines is 1. The number of aromatic nitrogens is 3. The fraction of sp³-hybridized carbons (Fsp3) is 0.250. The van der Waals surface area contributed by atoms with Crippen molar-refractivity contribution >= 4 is 5.97 Å². The summed E-state index contributed by atoms with van der Waals surface area (Å²) in [6.07, 6.45) is 0. The third kappa shape index (κ3) is 2.54. The highest BCUT2D eigenvalue weighted by molar-refractivity contribution is 5.85. The second-order valence-electron chi connectivity index (χ2n) is 3.63. The first-order valence-electron chi connectivity index (χ1n) is 5.63. The molecule has 2 aromatic rings. The average Bonchev–Trinajstić information content (AvgIpc) is 2.89. The molecule has 0 saturated carbocycles. The zero-order chi connectivity index (χ0) is 13.0. The van der Waals surface area contributed by atoms with Crippen molar-refractivity contribution in [1.29, 1.82) is 0 Å². The molecule has 18 heavy (non-hydrogen) atoms. The van der Waals surface area contributed by atoms with Crippen LogP contribution in [-0.4, -0.2) is 27.8 Å². The highest BCUT2D eigenvalue weighted by Gasteiger charge is 2.13. The van der Waals surface area contributed by atoms with E-state index in [1.54, 1.807) is 6.92 Å². The number of hydrogen-bond acceptors (Lipinski definition) is 5. The van der Waals surface area contributed by atoms with E-state index in [9.17, 15) is 4.79 Å². The summed E-state index contributed by atoms with van der Waals surface area (Å²) in [5, 5.41) is 6.55. The van der Waals surface area contributed by atoms with E-state index in [0.717, 1.165) is 11.1 Å². The van der Waals surface area contributed by atoms with Gasteiger partial charge in [-0.05, 0) is 18.6 Å². The SMILES string of the molecule is CCOC(=O)c1nc(-c2cccc(CN)c2)n[nH]1. The molecule has 0 aliphatic heterocycles. The van der Waals surface area contributed by atoms with Crippen LogP contribution in [0.15, 0.2) is 24.3 Å². The van der Waals surface area contributed by atoms with Crippen molar-refractivity contribution in [2.24, 2.45) is 5.73 Å². The van der Waals surface area contributed by atoms with E-state index < -0.39 is 5.97 Å². The van der Waals surface area contributed by atoms with Crippen molar-refractivity contribution < 1.29 is 9.53 Å². The molecule has 3 N–H and O–H groups in total. The molecule has 1 aromatic heterocycles. The normalized spacial score (nSPS) is 10.3. The van der Waals surface area contributed by atoms with Crippen molar-refractivity contribution in [3.8, 4) is 11.4 Å². The van der Waals surface area contributed by atoms with Crippen molar-refractivity contribution in [2.45, 2.75) is 13.5 Å². The van der Waals surface area contributed by atoms with Gasteiger partial charge in [0.05, 0.1) is 6.61 Å². The maximum atomic E-state index is 11.4. The molecule has 0 aliphatic rings. The van der Waals surface area contributed by atoms with E-state index in [2.05, 4.69) is 15.2 Å². The molecule has 0 bridgehead atoms. The molecular formula is C12H14N4O2. The summed E-state index contributed by atoms with van der Waals surface area (Å²) in [7, 11) is 0. The van der Waals surface area contributed by atoms with Crippen LogP contribution in [0.25, 0.3) is 11.4 Å². The number of nitrogens with one attached hydrogen (secondary N) is 1. The molecule has 2 rings (SSSR count). The fourth-order valence-corrected chi connectivity index (χ4v) is 1.52. The Labute approximate surface area is 104 Å². The van der Waals surface area contributed by atoms with E-state index in [1.807, 2.05) is 24.3 Å². The topological polar surface area (TPSA) is 93.9 Å². The molecule has 0 radical (unpaired) electrons. The summed E-state index contributed by atoms with van der Waals surface area (Å²) in [5.41, 5.74) is 7.36. The Morgan fingerprint density at radius 1 is 1.50 bits per heavy atom. The van der Waals surface area contributed by atoms with Crippen LogP contribution in [0.4, 0.5) is 0 Å². The third-order valence-corrected chi connectivity index (χ3v) is 2.38. The van der Waals surface area contributed by atoms with Gasteiger partial charge < -0.3 is 10.5 Å². The van der Waals surface area contributed by atoms with Crippen LogP contribution in [0.5, 0.6) is 0 Å². The van der Waals surface area contributed by atoms with Crippen molar-refractivity contribution in [2.75, 3.05) is 6.61 Å². The van der Waals surface area contributed by atoms with Gasteiger partial charge >= 0.3 is 5.97 Å². The molecular weight excluding hydrogens is 232 g/mol. The molecule has 1 aromatic carbocycles. The highest BCUT2D eigenvalue weighted by atomic mass is 16.5. The molecule has 1 heterocycles. The van der Waals surface area contributed by atoms with Gasteiger partial charge in [-0.2, -0.15) is 5.10 Å². The van der Waals surface area contributed by atoms with E-state index >= 15 is 0 Å². The number of ether oxygens (including phenoxy) is 1. The van der Waals surface area contributed by atoms with Crippen LogP contribution < -0.4 is 5.73 Å². The Morgan fingerprint density at radius 3 is 3.06 bits per heavy atom. The van der Waals surface area contributed by atoms with Gasteiger partial charge in [0.2, 0.25) is 5.82 Å². The molecule has 0 amide bonds. The van der Waals surface area contributed by atoms with E-state index in [0.29, 0.717) is 19.0 Å². The number of carbonyl (C=O) groups is 1. The highest BCUT2D eigenvalue weighted by Crippen LogP contribution is 2.16. The minimum atomic E-state index is -0.508. The van der Waals surface area contributed by atoms with Crippen LogP contribution in [0, 0.1) is 0 Å². The van der Waals surface area contributed by atoms with E-state index in [1.165, 1.54) is 0 Å². The summed E-state index contributed by atoms with van der Waals surface area (Å²) < 4.78 is 4.83. The minimum Gasteiger partial charge on any atom is -0.460 e. The van der Waals surface area contributed by atoms with Gasteiger partial charge in [0.1, 0.15) is 0 Å². The smallest absolute Gasteiger partial charge is 0.375 e. The Morgan fingerprint density at radius 2 is 2.33 bits per heavy atom. The zero-order valence-electron chi connectivity index (χ0n) is 10.0. The number of carbonyl (C=O) groups excluding carboxylic acids is 1. The predicted octanol–water partition coefficient (Wildman–Crippen LogP) is 1.11. The van der Waals surface area contributed by atoms with Crippen molar-refractivity contribution in [1.82, 2.24) is 15.2 Å². The maximum Gasteiger partial charge on any atom is 0.375 e. The first-order chi connectivity index (χ1) is 8.74. The van der Waals surface area contributed by atoms with Crippen molar-refractivity contribution in [3.05, 3.63) is 35.7 Å². The van der Waals surface area contributed by atoms with Gasteiger partial charge in [-0.15, -0.1) is 0 Å². The standard InChI is InChI=1S/C12H14N4O2/c1-2-18-12(17)11-14-10(15-16-11)9-5-3-4-8(6-9)7-13/h3-6H,2,7,13H2,1H3,(H,14,15,16). The Hall–Kier alpha value is -2.21. The summed E-state index contributed by atoms with van der Waals surface area (Å²) in [6, 6.07) is 7.54. The lowest BCUT2D eigenvalue weighted by atomic mass is 10.1. The lowest BCUT2D eigenvalue weighted by Gasteiger charge is -1.99. The van der Waals surface area contributed by atoms with Crippen LogP contribution in [-0.2, 0) is 11.3 Å². The maximum absolute atomic E-state index is 11.4. The van der Waals surface area contributed by atoms with E-state index in [4.69, 9.17) is 10.5 Å². The van der Waals surface area contributed by atoms with Crippen LogP contribution in [0.3, 0.4) is 0 Å². The molecule has 6 nitrogen and oxygen atoms in total. The second-order valence-corrected chi connectivity index (χ2v) is 3.63. The summed E-state index contributed by atoms with van der Waals surface area (Å²) >= 11 is 0. The van der Waals surface area contributed by atoms with Gasteiger partial charge in [-0.3, -0.25) is 5.10 Å². The molecule has 0 unspecified atom stereocenters. The monoisotopic (exact) mass is 246 g/mol. The number of hydrogen-bond donors (Lipinski definition) is 2. The van der Waals surface area contributed by atoms with Gasteiger partial charge in [-0.1, -0.05) is 18.2 Å². The lowest BCUT2D eigenvalue weighted by molar-refractivity contribution is 0.0512. The fourth-order valence-electron chi connectivity index (χ4n) is 1.52. The number of nitrogens with zero attached hydrogens (tertiary/aromatic N) is 2. The summed E-state index contributed by atoms with van der Waals surface area (Å²) in [4.78, 5) is 15.5. The van der Waals surface area contributed by atoms with Gasteiger partial charge in [0.25, 0.3) is 0 Å². The lowest BCUT2D eigenvalue weighted by Crippen LogP contribution is -2.06. The molecule has 94 valence electrons. The summed E-state index contributed by atoms with van der Waals surface area (Å²) in [6.45, 7) is 2.49. The zero-order valence-corrected chi connectivity index (χ0v) is 10.0. The number of esters is 1. The third-order valence-electron chi connectivity index (χ3n) is 2.38. The summed E-state index contributed by atoms with van der Waals surface area (Å²) in [5.74, 6) is 0.0459. The number of H-pyrrole nitrogens is 1. The molecule has 0 fully saturated rings. The average molecular weight is 246 g/mol. The van der Waals surface area contributed by atoms with Crippen LogP contribution in [0.2, 0.25) is 0 Å². The molecule has 0 aliphatic carbocycles.